The monoisotopic (exact) mass is 313 g/mol. The normalized spacial score (nSPS) is 10.2. The molecule has 2 rings (SSSR count). The van der Waals surface area contributed by atoms with Gasteiger partial charge in [-0.15, -0.1) is 0 Å². The van der Waals surface area contributed by atoms with E-state index in [-0.39, 0.29) is 5.91 Å². The lowest BCUT2D eigenvalue weighted by Gasteiger charge is -2.17. The fraction of sp³-hybridized carbons (Fsp3) is 0.353. The van der Waals surface area contributed by atoms with E-state index in [4.69, 9.17) is 0 Å². The number of aromatic nitrogens is 2. The van der Waals surface area contributed by atoms with Crippen molar-refractivity contribution in [2.24, 2.45) is 0 Å². The molecule has 0 aliphatic heterocycles. The van der Waals surface area contributed by atoms with Gasteiger partial charge in [0, 0.05) is 38.1 Å². The van der Waals surface area contributed by atoms with Gasteiger partial charge in [0.25, 0.3) is 0 Å². The fourth-order valence-electron chi connectivity index (χ4n) is 2.12. The lowest BCUT2D eigenvalue weighted by Crippen LogP contribution is -2.21. The van der Waals surface area contributed by atoms with Crippen LogP contribution < -0.4 is 15.5 Å². The van der Waals surface area contributed by atoms with E-state index in [0.29, 0.717) is 5.95 Å². The summed E-state index contributed by atoms with van der Waals surface area (Å²) in [5, 5.41) is 6.00. The van der Waals surface area contributed by atoms with Gasteiger partial charge in [-0.2, -0.15) is 4.98 Å². The number of benzene rings is 1. The van der Waals surface area contributed by atoms with Crippen molar-refractivity contribution < 1.29 is 4.79 Å². The molecule has 0 radical (unpaired) electrons. The molecule has 0 fully saturated rings. The fourth-order valence-corrected chi connectivity index (χ4v) is 2.12. The summed E-state index contributed by atoms with van der Waals surface area (Å²) in [7, 11) is 1.99. The maximum atomic E-state index is 11.1. The Labute approximate surface area is 137 Å². The lowest BCUT2D eigenvalue weighted by atomic mass is 10.2. The first kappa shape index (κ1) is 16.7. The van der Waals surface area contributed by atoms with Gasteiger partial charge in [-0.05, 0) is 30.7 Å². The maximum absolute atomic E-state index is 11.1. The maximum Gasteiger partial charge on any atom is 0.227 e. The average Bonchev–Trinajstić information content (AvgIpc) is 2.52. The van der Waals surface area contributed by atoms with Gasteiger partial charge in [0.1, 0.15) is 5.82 Å². The molecule has 2 aromatic rings. The van der Waals surface area contributed by atoms with Crippen molar-refractivity contribution in [1.82, 2.24) is 9.97 Å². The molecule has 122 valence electrons. The number of hydrogen-bond acceptors (Lipinski definition) is 5. The number of carbonyl (C=O) groups is 1. The van der Waals surface area contributed by atoms with Gasteiger partial charge in [-0.25, -0.2) is 4.98 Å². The first-order valence-electron chi connectivity index (χ1n) is 7.77. The van der Waals surface area contributed by atoms with Gasteiger partial charge < -0.3 is 15.5 Å². The van der Waals surface area contributed by atoms with E-state index in [0.717, 1.165) is 36.6 Å². The van der Waals surface area contributed by atoms with Crippen LogP contribution in [-0.2, 0) is 4.79 Å². The molecule has 6 heteroatoms. The van der Waals surface area contributed by atoms with Crippen molar-refractivity contribution in [2.75, 3.05) is 29.1 Å². The molecule has 0 atom stereocenters. The molecule has 0 aliphatic carbocycles. The van der Waals surface area contributed by atoms with Crippen molar-refractivity contribution in [3.63, 3.8) is 0 Å². The molecule has 0 saturated heterocycles. The minimum absolute atomic E-state index is 0.0935. The number of carbonyl (C=O) groups excluding carboxylic acids is 1. The highest BCUT2D eigenvalue weighted by molar-refractivity contribution is 5.89. The van der Waals surface area contributed by atoms with Crippen molar-refractivity contribution in [2.45, 2.75) is 26.7 Å². The molecule has 0 saturated carbocycles. The Kier molecular flexibility index (Phi) is 5.91. The summed E-state index contributed by atoms with van der Waals surface area (Å²) < 4.78 is 0. The first-order valence-corrected chi connectivity index (χ1v) is 7.77. The Hall–Kier alpha value is -2.63. The van der Waals surface area contributed by atoms with Crippen molar-refractivity contribution >= 4 is 29.0 Å². The van der Waals surface area contributed by atoms with E-state index in [1.54, 1.807) is 6.20 Å². The van der Waals surface area contributed by atoms with Crippen LogP contribution >= 0.6 is 0 Å². The van der Waals surface area contributed by atoms with E-state index in [1.165, 1.54) is 6.92 Å². The average molecular weight is 313 g/mol. The van der Waals surface area contributed by atoms with Gasteiger partial charge in [-0.1, -0.05) is 19.4 Å². The third kappa shape index (κ3) is 5.25. The summed E-state index contributed by atoms with van der Waals surface area (Å²) in [5.41, 5.74) is 1.61. The summed E-state index contributed by atoms with van der Waals surface area (Å²) in [5.74, 6) is 1.32. The second kappa shape index (κ2) is 8.12. The van der Waals surface area contributed by atoms with E-state index in [2.05, 4.69) is 27.5 Å². The van der Waals surface area contributed by atoms with Crippen LogP contribution in [0.25, 0.3) is 0 Å². The number of nitrogens with one attached hydrogen (secondary N) is 2. The van der Waals surface area contributed by atoms with Crippen molar-refractivity contribution in [3.8, 4) is 0 Å². The van der Waals surface area contributed by atoms with Gasteiger partial charge in [0.15, 0.2) is 0 Å². The zero-order chi connectivity index (χ0) is 16.7. The zero-order valence-corrected chi connectivity index (χ0v) is 13.8. The molecule has 1 heterocycles. The van der Waals surface area contributed by atoms with Crippen LogP contribution in [-0.4, -0.2) is 29.5 Å². The minimum Gasteiger partial charge on any atom is -0.344 e. The highest BCUT2D eigenvalue weighted by Gasteiger charge is 2.05. The quantitative estimate of drug-likeness (QED) is 0.819. The van der Waals surface area contributed by atoms with Crippen LogP contribution in [0.4, 0.5) is 23.1 Å². The molecule has 23 heavy (non-hydrogen) atoms. The predicted octanol–water partition coefficient (Wildman–Crippen LogP) is 3.41. The first-order chi connectivity index (χ1) is 11.1. The summed E-state index contributed by atoms with van der Waals surface area (Å²) in [6.45, 7) is 4.58. The van der Waals surface area contributed by atoms with Gasteiger partial charge in [0.05, 0.1) is 0 Å². The van der Waals surface area contributed by atoms with Crippen LogP contribution in [0.3, 0.4) is 0 Å². The topological polar surface area (TPSA) is 70.2 Å². The third-order valence-electron chi connectivity index (χ3n) is 3.29. The number of unbranched alkanes of at least 4 members (excludes halogenated alkanes) is 1. The van der Waals surface area contributed by atoms with Crippen LogP contribution in [0.15, 0.2) is 36.5 Å². The standard InChI is InChI=1S/C17H23N5O/c1-4-5-11-22(3)17-18-10-9-16(21-17)20-15-8-6-7-14(12-15)19-13(2)23/h6-10,12H,4-5,11H2,1-3H3,(H,19,23)(H,18,20,21). The van der Waals surface area contributed by atoms with E-state index < -0.39 is 0 Å². The van der Waals surface area contributed by atoms with E-state index >= 15 is 0 Å². The summed E-state index contributed by atoms with van der Waals surface area (Å²) in [4.78, 5) is 22.0. The molecule has 0 aliphatic rings. The molecule has 0 unspecified atom stereocenters. The highest BCUT2D eigenvalue weighted by Crippen LogP contribution is 2.20. The SMILES string of the molecule is CCCCN(C)c1nccc(Nc2cccc(NC(C)=O)c2)n1. The van der Waals surface area contributed by atoms with Gasteiger partial charge in [0.2, 0.25) is 11.9 Å². The largest absolute Gasteiger partial charge is 0.344 e. The third-order valence-corrected chi connectivity index (χ3v) is 3.29. The van der Waals surface area contributed by atoms with E-state index in [1.807, 2.05) is 42.3 Å². The number of anilines is 4. The van der Waals surface area contributed by atoms with Crippen molar-refractivity contribution in [3.05, 3.63) is 36.5 Å². The molecular weight excluding hydrogens is 290 g/mol. The van der Waals surface area contributed by atoms with Crippen LogP contribution in [0.5, 0.6) is 0 Å². The van der Waals surface area contributed by atoms with Gasteiger partial charge >= 0.3 is 0 Å². The van der Waals surface area contributed by atoms with E-state index in [9.17, 15) is 4.79 Å². The number of hydrogen-bond donors (Lipinski definition) is 2. The number of nitrogens with zero attached hydrogens (tertiary/aromatic N) is 3. The summed E-state index contributed by atoms with van der Waals surface area (Å²) in [6, 6.07) is 9.33. The highest BCUT2D eigenvalue weighted by atomic mass is 16.1. The molecule has 2 N–H and O–H groups in total. The number of rotatable bonds is 7. The smallest absolute Gasteiger partial charge is 0.227 e. The molecule has 1 amide bonds. The molecule has 1 aromatic heterocycles. The molecule has 0 bridgehead atoms. The Morgan fingerprint density at radius 2 is 2.04 bits per heavy atom. The molecule has 0 spiro atoms. The predicted molar refractivity (Wildman–Crippen MR) is 94.2 cm³/mol. The Morgan fingerprint density at radius 1 is 1.26 bits per heavy atom. The minimum atomic E-state index is -0.0935. The van der Waals surface area contributed by atoms with Crippen LogP contribution in [0.2, 0.25) is 0 Å². The second-order valence-electron chi connectivity index (χ2n) is 5.40. The Morgan fingerprint density at radius 3 is 2.78 bits per heavy atom. The lowest BCUT2D eigenvalue weighted by molar-refractivity contribution is -0.114. The molecule has 6 nitrogen and oxygen atoms in total. The summed E-state index contributed by atoms with van der Waals surface area (Å²) >= 11 is 0. The zero-order valence-electron chi connectivity index (χ0n) is 13.8. The van der Waals surface area contributed by atoms with Gasteiger partial charge in [-0.3, -0.25) is 4.79 Å². The second-order valence-corrected chi connectivity index (χ2v) is 5.40. The summed E-state index contributed by atoms with van der Waals surface area (Å²) in [6.07, 6.45) is 3.99. The van der Waals surface area contributed by atoms with Crippen LogP contribution in [0, 0.1) is 0 Å². The van der Waals surface area contributed by atoms with Crippen molar-refractivity contribution in [1.29, 1.82) is 0 Å². The Bertz CT molecular complexity index is 659. The Balaban J connectivity index is 2.09. The molecule has 1 aromatic carbocycles. The van der Waals surface area contributed by atoms with Crippen LogP contribution in [0.1, 0.15) is 26.7 Å². The number of amides is 1. The molecular formula is C17H23N5O.